The van der Waals surface area contributed by atoms with Crippen molar-refractivity contribution in [3.8, 4) is 16.9 Å². The quantitative estimate of drug-likeness (QED) is 0.156. The van der Waals surface area contributed by atoms with Gasteiger partial charge in [-0.15, -0.1) is 0 Å². The molecular formula is C39H44N4O5S. The Hall–Kier alpha value is -4.96. The predicted octanol–water partition coefficient (Wildman–Crippen LogP) is 6.31. The second-order valence-electron chi connectivity index (χ2n) is 13.1. The average molecular weight is 681 g/mol. The second-order valence-corrected chi connectivity index (χ2v) is 14.8. The summed E-state index contributed by atoms with van der Waals surface area (Å²) in [6.07, 6.45) is 2.18. The van der Waals surface area contributed by atoms with Crippen LogP contribution in [-0.4, -0.2) is 35.8 Å². The molecule has 49 heavy (non-hydrogen) atoms. The van der Waals surface area contributed by atoms with Gasteiger partial charge in [-0.05, 0) is 77.3 Å². The van der Waals surface area contributed by atoms with Gasteiger partial charge in [-0.25, -0.2) is 22.6 Å². The number of methoxy groups -OCH3 is 1. The third-order valence-electron chi connectivity index (χ3n) is 8.55. The first-order valence-corrected chi connectivity index (χ1v) is 18.0. The van der Waals surface area contributed by atoms with Crippen LogP contribution in [0.4, 0.5) is 0 Å². The van der Waals surface area contributed by atoms with E-state index in [4.69, 9.17) is 9.84 Å². The number of nitrogens with zero attached hydrogens (tertiary/aromatic N) is 3. The SMILES string of the molecule is CCn1c(CCCc2ccc(-c3ccc(OC)c(CC(=O)NS(=O)(=O)c4ccccc4)c3)cc2)nn(Cc2ccc(C(C)(C)C)cc2)c1=O. The van der Waals surface area contributed by atoms with Gasteiger partial charge in [0.2, 0.25) is 5.91 Å². The zero-order valence-electron chi connectivity index (χ0n) is 28.8. The lowest BCUT2D eigenvalue weighted by atomic mass is 9.87. The minimum Gasteiger partial charge on any atom is -0.496 e. The van der Waals surface area contributed by atoms with Crippen LogP contribution in [0.2, 0.25) is 0 Å². The minimum atomic E-state index is -3.98. The zero-order chi connectivity index (χ0) is 35.2. The molecule has 4 aromatic carbocycles. The molecule has 1 aromatic heterocycles. The average Bonchev–Trinajstić information content (AvgIpc) is 3.38. The lowest BCUT2D eigenvalue weighted by Crippen LogP contribution is -2.31. The summed E-state index contributed by atoms with van der Waals surface area (Å²) in [5, 5.41) is 4.70. The van der Waals surface area contributed by atoms with Crippen LogP contribution in [-0.2, 0) is 52.6 Å². The van der Waals surface area contributed by atoms with Gasteiger partial charge in [0.05, 0.1) is 25.0 Å². The molecule has 10 heteroatoms. The molecule has 0 radical (unpaired) electrons. The highest BCUT2D eigenvalue weighted by atomic mass is 32.2. The lowest BCUT2D eigenvalue weighted by molar-refractivity contribution is -0.118. The normalized spacial score (nSPS) is 11.8. The first-order valence-electron chi connectivity index (χ1n) is 16.5. The number of ether oxygens (including phenoxy) is 1. The number of sulfonamides is 1. The summed E-state index contributed by atoms with van der Waals surface area (Å²) < 4.78 is 36.2. The van der Waals surface area contributed by atoms with Crippen molar-refractivity contribution in [3.05, 3.63) is 136 Å². The Kier molecular flexibility index (Phi) is 10.9. The third kappa shape index (κ3) is 8.75. The van der Waals surface area contributed by atoms with E-state index in [1.807, 2.05) is 31.2 Å². The van der Waals surface area contributed by atoms with E-state index in [0.717, 1.165) is 40.9 Å². The first kappa shape index (κ1) is 35.3. The number of carbonyl (C=O) groups excluding carboxylic acids is 1. The summed E-state index contributed by atoms with van der Waals surface area (Å²) in [6.45, 7) is 9.53. The van der Waals surface area contributed by atoms with Crippen molar-refractivity contribution in [2.45, 2.75) is 76.8 Å². The number of rotatable bonds is 13. The van der Waals surface area contributed by atoms with Crippen LogP contribution in [0.15, 0.2) is 107 Å². The Morgan fingerprint density at radius 2 is 1.51 bits per heavy atom. The summed E-state index contributed by atoms with van der Waals surface area (Å²) in [6, 6.07) is 29.9. The fraction of sp³-hybridized carbons (Fsp3) is 0.308. The highest BCUT2D eigenvalue weighted by Gasteiger charge is 2.19. The van der Waals surface area contributed by atoms with Gasteiger partial charge >= 0.3 is 5.69 Å². The van der Waals surface area contributed by atoms with Gasteiger partial charge in [-0.3, -0.25) is 9.36 Å². The second kappa shape index (κ2) is 15.1. The van der Waals surface area contributed by atoms with Crippen LogP contribution in [0.25, 0.3) is 11.1 Å². The minimum absolute atomic E-state index is 0.0244. The smallest absolute Gasteiger partial charge is 0.346 e. The van der Waals surface area contributed by atoms with Crippen LogP contribution in [0.3, 0.4) is 0 Å². The Bertz CT molecular complexity index is 2060. The molecule has 1 amide bonds. The summed E-state index contributed by atoms with van der Waals surface area (Å²) in [5.74, 6) is 0.642. The molecule has 1 heterocycles. The molecule has 0 aliphatic rings. The van der Waals surface area contributed by atoms with Crippen molar-refractivity contribution in [2.75, 3.05) is 7.11 Å². The zero-order valence-corrected chi connectivity index (χ0v) is 29.6. The molecule has 0 atom stereocenters. The van der Waals surface area contributed by atoms with Crippen molar-refractivity contribution in [3.63, 3.8) is 0 Å². The van der Waals surface area contributed by atoms with Crippen LogP contribution in [0.5, 0.6) is 5.75 Å². The number of carbonyl (C=O) groups is 1. The van der Waals surface area contributed by atoms with Crippen molar-refractivity contribution in [1.29, 1.82) is 0 Å². The van der Waals surface area contributed by atoms with Gasteiger partial charge in [0.25, 0.3) is 10.0 Å². The van der Waals surface area contributed by atoms with E-state index in [1.54, 1.807) is 33.5 Å². The topological polar surface area (TPSA) is 112 Å². The van der Waals surface area contributed by atoms with Crippen LogP contribution in [0, 0.1) is 0 Å². The molecule has 0 aliphatic heterocycles. The molecule has 0 saturated carbocycles. The highest BCUT2D eigenvalue weighted by Crippen LogP contribution is 2.28. The fourth-order valence-electron chi connectivity index (χ4n) is 5.80. The van der Waals surface area contributed by atoms with Gasteiger partial charge in [0.1, 0.15) is 11.6 Å². The van der Waals surface area contributed by atoms with Crippen molar-refractivity contribution in [2.24, 2.45) is 0 Å². The van der Waals surface area contributed by atoms with Gasteiger partial charge < -0.3 is 4.74 Å². The molecule has 5 aromatic rings. The van der Waals surface area contributed by atoms with Crippen LogP contribution >= 0.6 is 0 Å². The number of benzene rings is 4. The van der Waals surface area contributed by atoms with Crippen molar-refractivity contribution < 1.29 is 17.9 Å². The Morgan fingerprint density at radius 1 is 0.857 bits per heavy atom. The molecule has 1 N–H and O–H groups in total. The van der Waals surface area contributed by atoms with E-state index in [1.165, 1.54) is 24.8 Å². The van der Waals surface area contributed by atoms with Gasteiger partial charge in [0.15, 0.2) is 0 Å². The maximum Gasteiger partial charge on any atom is 0.346 e. The number of amides is 1. The van der Waals surface area contributed by atoms with Crippen LogP contribution < -0.4 is 15.1 Å². The first-order chi connectivity index (χ1) is 23.4. The van der Waals surface area contributed by atoms with E-state index >= 15 is 0 Å². The summed E-state index contributed by atoms with van der Waals surface area (Å²) in [4.78, 5) is 25.9. The Balaban J connectivity index is 1.21. The summed E-state index contributed by atoms with van der Waals surface area (Å²) in [7, 11) is -2.46. The Morgan fingerprint density at radius 3 is 2.14 bits per heavy atom. The highest BCUT2D eigenvalue weighted by molar-refractivity contribution is 7.90. The molecule has 0 saturated heterocycles. The summed E-state index contributed by atoms with van der Waals surface area (Å²) in [5.41, 5.74) is 5.86. The van der Waals surface area contributed by atoms with E-state index in [2.05, 4.69) is 61.9 Å². The number of aryl methyl sites for hydroxylation is 2. The van der Waals surface area contributed by atoms with Gasteiger partial charge in [-0.1, -0.05) is 93.6 Å². The standard InChI is InChI=1S/C39H44N4O5S/c1-6-42-36(40-43(38(42)45)27-29-17-22-33(23-18-29)39(2,3)4)14-10-11-28-15-19-30(20-16-28)31-21-24-35(48-5)32(25-31)26-37(44)41-49(46,47)34-12-8-7-9-13-34/h7-9,12-13,15-25H,6,10-11,14,26-27H2,1-5H3,(H,41,44). The predicted molar refractivity (Wildman–Crippen MR) is 192 cm³/mol. The molecule has 0 bridgehead atoms. The molecule has 9 nitrogen and oxygen atoms in total. The van der Waals surface area contributed by atoms with E-state index < -0.39 is 15.9 Å². The third-order valence-corrected chi connectivity index (χ3v) is 9.94. The fourth-order valence-corrected chi connectivity index (χ4v) is 6.81. The largest absolute Gasteiger partial charge is 0.496 e. The number of hydrogen-bond acceptors (Lipinski definition) is 6. The molecule has 256 valence electrons. The number of aromatic nitrogens is 3. The monoisotopic (exact) mass is 680 g/mol. The number of nitrogens with one attached hydrogen (secondary N) is 1. The van der Waals surface area contributed by atoms with Gasteiger partial charge in [0, 0.05) is 18.5 Å². The molecule has 0 spiro atoms. The van der Waals surface area contributed by atoms with E-state index in [0.29, 0.717) is 30.8 Å². The van der Waals surface area contributed by atoms with E-state index in [9.17, 15) is 18.0 Å². The van der Waals surface area contributed by atoms with Crippen LogP contribution in [0.1, 0.15) is 62.2 Å². The number of hydrogen-bond donors (Lipinski definition) is 1. The molecular weight excluding hydrogens is 637 g/mol. The summed E-state index contributed by atoms with van der Waals surface area (Å²) >= 11 is 0. The van der Waals surface area contributed by atoms with Gasteiger partial charge in [-0.2, -0.15) is 5.10 Å². The van der Waals surface area contributed by atoms with E-state index in [-0.39, 0.29) is 22.4 Å². The Labute approximate surface area is 288 Å². The van der Waals surface area contributed by atoms with Crippen molar-refractivity contribution >= 4 is 15.9 Å². The molecule has 0 aliphatic carbocycles. The van der Waals surface area contributed by atoms with Crippen molar-refractivity contribution in [1.82, 2.24) is 19.1 Å². The maximum absolute atomic E-state index is 13.1. The maximum atomic E-state index is 13.1. The molecule has 0 fully saturated rings. The molecule has 5 rings (SSSR count). The lowest BCUT2D eigenvalue weighted by Gasteiger charge is -2.19. The molecule has 0 unspecified atom stereocenters.